The number of carbonyl (C=O) groups excluding carboxylic acids is 1. The fourth-order valence-corrected chi connectivity index (χ4v) is 4.23. The van der Waals surface area contributed by atoms with Gasteiger partial charge < -0.3 is 24.4 Å². The van der Waals surface area contributed by atoms with Crippen molar-refractivity contribution in [3.63, 3.8) is 0 Å². The number of pyridine rings is 1. The molecule has 0 aliphatic carbocycles. The van der Waals surface area contributed by atoms with Gasteiger partial charge in [-0.3, -0.25) is 4.79 Å². The van der Waals surface area contributed by atoms with Gasteiger partial charge in [-0.15, -0.1) is 0 Å². The van der Waals surface area contributed by atoms with E-state index in [0.717, 1.165) is 12.8 Å². The fourth-order valence-electron chi connectivity index (χ4n) is 4.23. The Morgan fingerprint density at radius 2 is 2.11 bits per heavy atom. The molecular formula is C25H25F2N5O4. The predicted octanol–water partition coefficient (Wildman–Crippen LogP) is 3.77. The number of hydrogen-bond acceptors (Lipinski definition) is 8. The molecule has 3 aromatic rings. The van der Waals surface area contributed by atoms with Crippen LogP contribution in [0.4, 0.5) is 20.3 Å². The van der Waals surface area contributed by atoms with E-state index in [1.807, 2.05) is 0 Å². The minimum atomic E-state index is -1.10. The van der Waals surface area contributed by atoms with E-state index < -0.39 is 11.6 Å². The Kier molecular flexibility index (Phi) is 6.90. The van der Waals surface area contributed by atoms with E-state index in [-0.39, 0.29) is 42.0 Å². The molecule has 2 atom stereocenters. The summed E-state index contributed by atoms with van der Waals surface area (Å²) in [7, 11) is 0. The monoisotopic (exact) mass is 497 g/mol. The number of nitrogens with zero attached hydrogens (tertiary/aromatic N) is 4. The summed E-state index contributed by atoms with van der Waals surface area (Å²) in [6.07, 6.45) is 4.64. The van der Waals surface area contributed by atoms with Crippen LogP contribution in [0.25, 0.3) is 11.0 Å². The molecule has 1 amide bonds. The molecule has 0 saturated carbocycles. The van der Waals surface area contributed by atoms with Crippen molar-refractivity contribution in [3.8, 4) is 11.6 Å². The van der Waals surface area contributed by atoms with Crippen molar-refractivity contribution in [3.05, 3.63) is 54.9 Å². The first kappa shape index (κ1) is 23.9. The third kappa shape index (κ3) is 5.06. The number of fused-ring (bicyclic) bond motifs is 1. The van der Waals surface area contributed by atoms with Gasteiger partial charge in [-0.2, -0.15) is 4.39 Å². The van der Waals surface area contributed by atoms with Crippen molar-refractivity contribution >= 4 is 28.4 Å². The Hall–Kier alpha value is -3.86. The lowest BCUT2D eigenvalue weighted by molar-refractivity contribution is -0.125. The maximum absolute atomic E-state index is 14.9. The Bertz CT molecular complexity index is 1280. The largest absolute Gasteiger partial charge is 0.488 e. The van der Waals surface area contributed by atoms with Crippen LogP contribution in [0.5, 0.6) is 11.6 Å². The molecule has 2 saturated heterocycles. The highest BCUT2D eigenvalue weighted by Gasteiger charge is 2.27. The molecule has 4 heterocycles. The lowest BCUT2D eigenvalue weighted by atomic mass is 10.2. The first-order valence-corrected chi connectivity index (χ1v) is 11.7. The average Bonchev–Trinajstić information content (AvgIpc) is 3.59. The Labute approximate surface area is 206 Å². The summed E-state index contributed by atoms with van der Waals surface area (Å²) in [5.41, 5.74) is 0.692. The highest BCUT2D eigenvalue weighted by molar-refractivity contribution is 5.88. The van der Waals surface area contributed by atoms with Crippen LogP contribution in [0, 0.1) is 11.6 Å². The second-order valence-electron chi connectivity index (χ2n) is 8.57. The Morgan fingerprint density at radius 3 is 2.92 bits per heavy atom. The van der Waals surface area contributed by atoms with Crippen LogP contribution in [-0.2, 0) is 9.53 Å². The molecule has 2 fully saturated rings. The van der Waals surface area contributed by atoms with E-state index >= 15 is 0 Å². The van der Waals surface area contributed by atoms with Crippen molar-refractivity contribution in [2.45, 2.75) is 31.5 Å². The SMILES string of the molecule is C=CC(=O)N1CC[C@H](Oc2ccc3ncnc(Nc4ccc(OC[C@H]5CCCO5)c(F)c4F)c3n2)C1. The van der Waals surface area contributed by atoms with E-state index in [0.29, 0.717) is 43.0 Å². The van der Waals surface area contributed by atoms with Crippen LogP contribution >= 0.6 is 0 Å². The molecule has 9 nitrogen and oxygen atoms in total. The number of likely N-dealkylation sites (tertiary alicyclic amines) is 1. The molecule has 0 unspecified atom stereocenters. The van der Waals surface area contributed by atoms with Crippen molar-refractivity contribution < 1.29 is 27.8 Å². The normalized spacial score (nSPS) is 19.4. The number of halogens is 2. The van der Waals surface area contributed by atoms with Gasteiger partial charge >= 0.3 is 0 Å². The molecule has 2 aromatic heterocycles. The topological polar surface area (TPSA) is 98.7 Å². The van der Waals surface area contributed by atoms with Crippen molar-refractivity contribution in [1.82, 2.24) is 19.9 Å². The van der Waals surface area contributed by atoms with Crippen LogP contribution in [0.3, 0.4) is 0 Å². The van der Waals surface area contributed by atoms with Gasteiger partial charge in [0.15, 0.2) is 17.4 Å². The molecule has 0 radical (unpaired) electrons. The number of carbonyl (C=O) groups is 1. The summed E-state index contributed by atoms with van der Waals surface area (Å²) >= 11 is 0. The molecule has 2 aliphatic rings. The molecule has 11 heteroatoms. The van der Waals surface area contributed by atoms with Crippen LogP contribution in [0.1, 0.15) is 19.3 Å². The first-order valence-electron chi connectivity index (χ1n) is 11.7. The van der Waals surface area contributed by atoms with E-state index in [4.69, 9.17) is 14.2 Å². The quantitative estimate of drug-likeness (QED) is 0.470. The molecule has 0 bridgehead atoms. The number of anilines is 2. The second kappa shape index (κ2) is 10.4. The van der Waals surface area contributed by atoms with Gasteiger partial charge in [-0.05, 0) is 37.1 Å². The predicted molar refractivity (Wildman–Crippen MR) is 127 cm³/mol. The highest BCUT2D eigenvalue weighted by Crippen LogP contribution is 2.30. The lowest BCUT2D eigenvalue weighted by Gasteiger charge is -2.16. The number of hydrogen-bond donors (Lipinski definition) is 1. The van der Waals surface area contributed by atoms with Gasteiger partial charge in [0.05, 0.1) is 23.9 Å². The standard InChI is InChI=1S/C25H25F2N5O4/c1-2-21(33)32-10-9-15(12-32)36-20-8-6-18-24(31-20)25(29-14-28-18)30-17-5-7-19(23(27)22(17)26)35-13-16-4-3-11-34-16/h2,5-8,14-16H,1,3-4,9-13H2,(H,28,29,30)/t15-,16+/m0/s1. The molecule has 0 spiro atoms. The molecule has 5 rings (SSSR count). The van der Waals surface area contributed by atoms with Gasteiger partial charge in [-0.25, -0.2) is 19.3 Å². The van der Waals surface area contributed by atoms with Crippen LogP contribution in [0.2, 0.25) is 0 Å². The zero-order valence-electron chi connectivity index (χ0n) is 19.5. The zero-order valence-corrected chi connectivity index (χ0v) is 19.5. The van der Waals surface area contributed by atoms with Gasteiger partial charge in [-0.1, -0.05) is 6.58 Å². The Balaban J connectivity index is 1.32. The number of nitrogens with one attached hydrogen (secondary N) is 1. The molecular weight excluding hydrogens is 472 g/mol. The highest BCUT2D eigenvalue weighted by atomic mass is 19.2. The van der Waals surface area contributed by atoms with Crippen LogP contribution in [0.15, 0.2) is 43.2 Å². The van der Waals surface area contributed by atoms with E-state index in [2.05, 4.69) is 26.8 Å². The summed E-state index contributed by atoms with van der Waals surface area (Å²) in [5.74, 6) is -2.04. The van der Waals surface area contributed by atoms with E-state index in [1.165, 1.54) is 24.5 Å². The van der Waals surface area contributed by atoms with Crippen molar-refractivity contribution in [2.75, 3.05) is 31.6 Å². The summed E-state index contributed by atoms with van der Waals surface area (Å²) in [6, 6.07) is 6.10. The molecule has 1 aromatic carbocycles. The zero-order chi connectivity index (χ0) is 25.1. The van der Waals surface area contributed by atoms with Crippen molar-refractivity contribution in [2.24, 2.45) is 0 Å². The minimum Gasteiger partial charge on any atom is -0.488 e. The summed E-state index contributed by atoms with van der Waals surface area (Å²) in [5, 5.41) is 2.80. The third-order valence-electron chi connectivity index (χ3n) is 6.12. The van der Waals surface area contributed by atoms with Gasteiger partial charge in [0.2, 0.25) is 17.6 Å². The molecule has 1 N–H and O–H groups in total. The number of ether oxygens (including phenoxy) is 3. The minimum absolute atomic E-state index is 0.116. The van der Waals surface area contributed by atoms with Gasteiger partial charge in [0.25, 0.3) is 0 Å². The van der Waals surface area contributed by atoms with Gasteiger partial charge in [0, 0.05) is 25.6 Å². The maximum atomic E-state index is 14.9. The average molecular weight is 498 g/mol. The maximum Gasteiger partial charge on any atom is 0.246 e. The number of benzene rings is 1. The van der Waals surface area contributed by atoms with E-state index in [9.17, 15) is 13.6 Å². The summed E-state index contributed by atoms with van der Waals surface area (Å²) in [4.78, 5) is 26.3. The second-order valence-corrected chi connectivity index (χ2v) is 8.57. The van der Waals surface area contributed by atoms with Gasteiger partial charge in [0.1, 0.15) is 24.6 Å². The van der Waals surface area contributed by atoms with E-state index in [1.54, 1.807) is 17.0 Å². The van der Waals surface area contributed by atoms with Crippen molar-refractivity contribution in [1.29, 1.82) is 0 Å². The summed E-state index contributed by atoms with van der Waals surface area (Å²) in [6.45, 7) is 5.30. The first-order chi connectivity index (χ1) is 17.5. The number of rotatable bonds is 8. The van der Waals surface area contributed by atoms with Crippen LogP contribution in [-0.4, -0.2) is 64.3 Å². The third-order valence-corrected chi connectivity index (χ3v) is 6.12. The molecule has 188 valence electrons. The van der Waals surface area contributed by atoms with Crippen LogP contribution < -0.4 is 14.8 Å². The smallest absolute Gasteiger partial charge is 0.246 e. The Morgan fingerprint density at radius 1 is 1.22 bits per heavy atom. The lowest BCUT2D eigenvalue weighted by Crippen LogP contribution is -2.29. The number of aromatic nitrogens is 3. The summed E-state index contributed by atoms with van der Waals surface area (Å²) < 4.78 is 46.4. The number of amides is 1. The molecule has 36 heavy (non-hydrogen) atoms. The fraction of sp³-hybridized carbons (Fsp3) is 0.360. The molecule has 2 aliphatic heterocycles.